The van der Waals surface area contributed by atoms with E-state index in [1.807, 2.05) is 17.0 Å². The molecule has 2 aromatic heterocycles. The number of carbonyl (C=O) groups excluding carboxylic acids is 1. The third kappa shape index (κ3) is 2.98. The summed E-state index contributed by atoms with van der Waals surface area (Å²) in [6.07, 6.45) is 10.9. The summed E-state index contributed by atoms with van der Waals surface area (Å²) in [6, 6.07) is 7.67. The lowest BCUT2D eigenvalue weighted by atomic mass is 9.96. The van der Waals surface area contributed by atoms with Crippen LogP contribution in [0.2, 0.25) is 0 Å². The number of likely N-dealkylation sites (tertiary alicyclic amines) is 1. The minimum Gasteiger partial charge on any atom is -0.474 e. The fourth-order valence-electron chi connectivity index (χ4n) is 3.37. The van der Waals surface area contributed by atoms with Gasteiger partial charge in [0.2, 0.25) is 5.88 Å². The van der Waals surface area contributed by atoms with Crippen LogP contribution in [0.25, 0.3) is 0 Å². The lowest BCUT2D eigenvalue weighted by Gasteiger charge is -2.27. The summed E-state index contributed by atoms with van der Waals surface area (Å²) < 4.78 is 5.83. The molecule has 1 atom stereocenters. The highest BCUT2D eigenvalue weighted by Crippen LogP contribution is 2.33. The van der Waals surface area contributed by atoms with Crippen molar-refractivity contribution in [1.29, 1.82) is 0 Å². The molecule has 1 saturated heterocycles. The van der Waals surface area contributed by atoms with E-state index >= 15 is 0 Å². The number of aromatic nitrogens is 2. The van der Waals surface area contributed by atoms with Crippen LogP contribution < -0.4 is 4.74 Å². The minimum absolute atomic E-state index is 0.0511. The van der Waals surface area contributed by atoms with Crippen molar-refractivity contribution in [2.75, 3.05) is 6.54 Å². The first-order chi connectivity index (χ1) is 11.8. The maximum absolute atomic E-state index is 13.0. The monoisotopic (exact) mass is 323 g/mol. The van der Waals surface area contributed by atoms with Crippen LogP contribution in [0.15, 0.2) is 42.9 Å². The fourth-order valence-corrected chi connectivity index (χ4v) is 3.37. The van der Waals surface area contributed by atoms with Crippen LogP contribution in [-0.4, -0.2) is 33.4 Å². The first-order valence-corrected chi connectivity index (χ1v) is 8.65. The van der Waals surface area contributed by atoms with Crippen molar-refractivity contribution in [3.63, 3.8) is 0 Å². The number of pyridine rings is 2. The van der Waals surface area contributed by atoms with Gasteiger partial charge in [-0.25, -0.2) is 4.98 Å². The summed E-state index contributed by atoms with van der Waals surface area (Å²) in [4.78, 5) is 23.3. The van der Waals surface area contributed by atoms with Gasteiger partial charge in [0.1, 0.15) is 6.10 Å². The first kappa shape index (κ1) is 15.1. The topological polar surface area (TPSA) is 55.3 Å². The van der Waals surface area contributed by atoms with Gasteiger partial charge < -0.3 is 9.64 Å². The molecule has 1 aliphatic heterocycles. The molecule has 0 aromatic carbocycles. The molecule has 0 radical (unpaired) electrons. The Labute approximate surface area is 141 Å². The Morgan fingerprint density at radius 1 is 1.08 bits per heavy atom. The van der Waals surface area contributed by atoms with Crippen LogP contribution in [0.5, 0.6) is 5.88 Å². The molecular formula is C19H21N3O2. The molecule has 5 nitrogen and oxygen atoms in total. The highest BCUT2D eigenvalue weighted by molar-refractivity contribution is 5.94. The summed E-state index contributed by atoms with van der Waals surface area (Å²) in [6.45, 7) is 0.785. The van der Waals surface area contributed by atoms with Crippen molar-refractivity contribution < 1.29 is 9.53 Å². The molecule has 2 aromatic rings. The van der Waals surface area contributed by atoms with Crippen LogP contribution in [0.1, 0.15) is 54.1 Å². The molecule has 2 aliphatic rings. The molecular weight excluding hydrogens is 302 g/mol. The Balaban J connectivity index is 1.53. The molecule has 0 bridgehead atoms. The second-order valence-corrected chi connectivity index (χ2v) is 6.49. The van der Waals surface area contributed by atoms with Gasteiger partial charge in [-0.3, -0.25) is 9.78 Å². The second kappa shape index (κ2) is 6.59. The van der Waals surface area contributed by atoms with Crippen LogP contribution >= 0.6 is 0 Å². The zero-order valence-electron chi connectivity index (χ0n) is 13.6. The predicted octanol–water partition coefficient (Wildman–Crippen LogP) is 3.39. The van der Waals surface area contributed by atoms with Gasteiger partial charge in [0, 0.05) is 36.8 Å². The van der Waals surface area contributed by atoms with Gasteiger partial charge in [-0.1, -0.05) is 0 Å². The smallest absolute Gasteiger partial charge is 0.254 e. The van der Waals surface area contributed by atoms with Crippen molar-refractivity contribution in [1.82, 2.24) is 14.9 Å². The highest BCUT2D eigenvalue weighted by Gasteiger charge is 2.31. The molecule has 1 amide bonds. The summed E-state index contributed by atoms with van der Waals surface area (Å²) in [5.41, 5.74) is 1.80. The number of ether oxygens (including phenoxy) is 1. The molecule has 0 unspecified atom stereocenters. The molecule has 124 valence electrons. The Kier molecular flexibility index (Phi) is 4.15. The van der Waals surface area contributed by atoms with Crippen LogP contribution in [0, 0.1) is 0 Å². The standard InChI is InChI=1S/C19H21N3O2/c23-19(15-8-11-21-18(13-15)24-16-3-1-4-16)22-12-2-5-17(22)14-6-9-20-10-7-14/h6-11,13,16-17H,1-5,12H2/t17-/m1/s1. The fraction of sp³-hybridized carbons (Fsp3) is 0.421. The number of amides is 1. The van der Waals surface area contributed by atoms with Gasteiger partial charge in [-0.05, 0) is 55.9 Å². The van der Waals surface area contributed by atoms with E-state index in [1.54, 1.807) is 30.7 Å². The molecule has 0 spiro atoms. The largest absolute Gasteiger partial charge is 0.474 e. The summed E-state index contributed by atoms with van der Waals surface area (Å²) >= 11 is 0. The quantitative estimate of drug-likeness (QED) is 0.865. The Morgan fingerprint density at radius 3 is 2.67 bits per heavy atom. The Hall–Kier alpha value is -2.43. The first-order valence-electron chi connectivity index (χ1n) is 8.65. The lowest BCUT2D eigenvalue weighted by Crippen LogP contribution is -2.31. The number of hydrogen-bond acceptors (Lipinski definition) is 4. The minimum atomic E-state index is 0.0511. The second-order valence-electron chi connectivity index (χ2n) is 6.49. The molecule has 4 rings (SSSR count). The normalized spacial score (nSPS) is 20.7. The van der Waals surface area contributed by atoms with Gasteiger partial charge in [0.05, 0.1) is 6.04 Å². The molecule has 1 saturated carbocycles. The molecule has 2 fully saturated rings. The van der Waals surface area contributed by atoms with E-state index in [-0.39, 0.29) is 18.1 Å². The van der Waals surface area contributed by atoms with Crippen molar-refractivity contribution >= 4 is 5.91 Å². The molecule has 3 heterocycles. The van der Waals surface area contributed by atoms with Crippen molar-refractivity contribution in [2.45, 2.75) is 44.2 Å². The van der Waals surface area contributed by atoms with E-state index < -0.39 is 0 Å². The number of rotatable bonds is 4. The van der Waals surface area contributed by atoms with Crippen LogP contribution in [-0.2, 0) is 0 Å². The Bertz CT molecular complexity index is 716. The van der Waals surface area contributed by atoms with E-state index in [4.69, 9.17) is 4.74 Å². The number of hydrogen-bond donors (Lipinski definition) is 0. The Morgan fingerprint density at radius 2 is 1.92 bits per heavy atom. The van der Waals surface area contributed by atoms with E-state index in [0.29, 0.717) is 11.4 Å². The maximum Gasteiger partial charge on any atom is 0.254 e. The summed E-state index contributed by atoms with van der Waals surface area (Å²) in [5, 5.41) is 0. The van der Waals surface area contributed by atoms with Gasteiger partial charge in [-0.15, -0.1) is 0 Å². The summed E-state index contributed by atoms with van der Waals surface area (Å²) in [5.74, 6) is 0.611. The van der Waals surface area contributed by atoms with E-state index in [0.717, 1.165) is 37.8 Å². The highest BCUT2D eigenvalue weighted by atomic mass is 16.5. The average molecular weight is 323 g/mol. The van der Waals surface area contributed by atoms with E-state index in [9.17, 15) is 4.79 Å². The number of carbonyl (C=O) groups is 1. The number of nitrogens with zero attached hydrogens (tertiary/aromatic N) is 3. The molecule has 5 heteroatoms. The third-order valence-electron chi connectivity index (χ3n) is 4.93. The van der Waals surface area contributed by atoms with E-state index in [1.165, 1.54) is 6.42 Å². The van der Waals surface area contributed by atoms with Crippen LogP contribution in [0.3, 0.4) is 0 Å². The molecule has 1 aliphatic carbocycles. The summed E-state index contributed by atoms with van der Waals surface area (Å²) in [7, 11) is 0. The van der Waals surface area contributed by atoms with Gasteiger partial charge >= 0.3 is 0 Å². The molecule has 0 N–H and O–H groups in total. The van der Waals surface area contributed by atoms with Gasteiger partial charge in [0.25, 0.3) is 5.91 Å². The van der Waals surface area contributed by atoms with Gasteiger partial charge in [-0.2, -0.15) is 0 Å². The SMILES string of the molecule is O=C(c1ccnc(OC2CCC2)c1)N1CCC[C@@H]1c1ccncc1. The zero-order chi connectivity index (χ0) is 16.4. The van der Waals surface area contributed by atoms with Gasteiger partial charge in [0.15, 0.2) is 0 Å². The maximum atomic E-state index is 13.0. The van der Waals surface area contributed by atoms with Crippen molar-refractivity contribution in [3.05, 3.63) is 54.0 Å². The van der Waals surface area contributed by atoms with Crippen molar-refractivity contribution in [3.8, 4) is 5.88 Å². The van der Waals surface area contributed by atoms with E-state index in [2.05, 4.69) is 9.97 Å². The average Bonchev–Trinajstić information content (AvgIpc) is 3.08. The predicted molar refractivity (Wildman–Crippen MR) is 89.8 cm³/mol. The third-order valence-corrected chi connectivity index (χ3v) is 4.93. The lowest BCUT2D eigenvalue weighted by molar-refractivity contribution is 0.0732. The van der Waals surface area contributed by atoms with Crippen LogP contribution in [0.4, 0.5) is 0 Å². The zero-order valence-corrected chi connectivity index (χ0v) is 13.6. The van der Waals surface area contributed by atoms with Crippen molar-refractivity contribution in [2.24, 2.45) is 0 Å². The molecule has 24 heavy (non-hydrogen) atoms.